The molecule has 3 nitrogen and oxygen atoms in total. The molecule has 0 aromatic heterocycles. The molecule has 0 fully saturated rings. The number of hydrogen-bond donors (Lipinski definition) is 3. The summed E-state index contributed by atoms with van der Waals surface area (Å²) in [5.74, 6) is -46.7. The van der Waals surface area contributed by atoms with Gasteiger partial charge in [0, 0.05) is 11.4 Å². The van der Waals surface area contributed by atoms with Crippen LogP contribution in [0.5, 0.6) is 0 Å². The van der Waals surface area contributed by atoms with Crippen molar-refractivity contribution in [2.24, 2.45) is 0 Å². The Morgan fingerprint density at radius 2 is 0.683 bits per heavy atom. The normalized spacial score (nSPS) is 12.7. The molecule has 0 radical (unpaired) electrons. The average Bonchev–Trinajstić information content (AvgIpc) is 2.92. The summed E-state index contributed by atoms with van der Waals surface area (Å²) in [6, 6.07) is 0. The van der Waals surface area contributed by atoms with E-state index in [9.17, 15) is 81.0 Å². The molecule has 1 unspecified atom stereocenters. The van der Waals surface area contributed by atoms with Crippen LogP contribution in [0, 0.1) is 87.3 Å². The smallest absolute Gasteiger partial charge is 0.427 e. The van der Waals surface area contributed by atoms with Crippen LogP contribution in [0.25, 0.3) is 0 Å². The van der Waals surface area contributed by atoms with Crippen LogP contribution in [0.1, 0.15) is 35.3 Å². The molecule has 3 aromatic rings. The van der Waals surface area contributed by atoms with Crippen LogP contribution in [-0.2, 0) is 5.60 Å². The van der Waals surface area contributed by atoms with Crippen molar-refractivity contribution < 1.29 is 81.0 Å². The van der Waals surface area contributed by atoms with E-state index in [1.54, 1.807) is 0 Å². The van der Waals surface area contributed by atoms with Crippen LogP contribution in [0.3, 0.4) is 0 Å². The highest BCUT2D eigenvalue weighted by molar-refractivity contribution is 6.43. The molecule has 0 aliphatic carbocycles. The summed E-state index contributed by atoms with van der Waals surface area (Å²) in [6.45, 7) is 0. The van der Waals surface area contributed by atoms with Crippen LogP contribution in [-0.4, -0.2) is 22.3 Å². The summed E-state index contributed by atoms with van der Waals surface area (Å²) in [4.78, 5) is 0. The minimum atomic E-state index is -4.61. The quantitative estimate of drug-likeness (QED) is 0.141. The minimum absolute atomic E-state index is 1.86. The first-order valence-electron chi connectivity index (χ1n) is 10.5. The Morgan fingerprint density at radius 1 is 0.439 bits per heavy atom. The standard InChI is InChI=1S/C22H8BF15O3/c24-7-4(8(25)14(31)19(36)13(7)30)3(23(40)41)1-2-22(39,5-9(26)15(32)20(37)16(33)10(5)27)6-11(28)17(34)21(38)18(35)12(6)29/h3,39-41H,1-2H2. The Morgan fingerprint density at radius 3 is 0.951 bits per heavy atom. The molecule has 0 bridgehead atoms. The van der Waals surface area contributed by atoms with Gasteiger partial charge in [-0.2, -0.15) is 0 Å². The second-order valence-electron chi connectivity index (χ2n) is 8.29. The third-order valence-electron chi connectivity index (χ3n) is 6.04. The SMILES string of the molecule is OB(O)C(CCC(O)(c1c(F)c(F)c(F)c(F)c1F)c1c(F)c(F)c(F)c(F)c1F)c1c(F)c(F)c(F)c(F)c1F. The lowest BCUT2D eigenvalue weighted by molar-refractivity contribution is 0.0475. The molecule has 222 valence electrons. The van der Waals surface area contributed by atoms with E-state index in [1.807, 2.05) is 0 Å². The summed E-state index contributed by atoms with van der Waals surface area (Å²) in [7, 11) is -3.26. The molecule has 0 aliphatic heterocycles. The van der Waals surface area contributed by atoms with Crippen molar-refractivity contribution in [1.29, 1.82) is 0 Å². The Hall–Kier alpha value is -3.45. The molecule has 1 atom stereocenters. The Labute approximate surface area is 217 Å². The van der Waals surface area contributed by atoms with E-state index < -0.39 is 135 Å². The van der Waals surface area contributed by atoms with Gasteiger partial charge in [-0.15, -0.1) is 0 Å². The van der Waals surface area contributed by atoms with Crippen molar-refractivity contribution in [3.05, 3.63) is 104 Å². The van der Waals surface area contributed by atoms with Gasteiger partial charge in [0.05, 0.1) is 11.1 Å². The second kappa shape index (κ2) is 11.1. The van der Waals surface area contributed by atoms with Crippen molar-refractivity contribution in [1.82, 2.24) is 0 Å². The highest BCUT2D eigenvalue weighted by Crippen LogP contribution is 2.45. The molecule has 0 amide bonds. The van der Waals surface area contributed by atoms with Crippen LogP contribution in [0.15, 0.2) is 0 Å². The molecular formula is C22H8BF15O3. The molecule has 0 saturated carbocycles. The van der Waals surface area contributed by atoms with E-state index in [0.717, 1.165) is 0 Å². The maximum Gasteiger partial charge on any atom is 0.459 e. The summed E-state index contributed by atoms with van der Waals surface area (Å²) in [6.07, 6.45) is -4.03. The first-order chi connectivity index (χ1) is 18.8. The highest BCUT2D eigenvalue weighted by atomic mass is 19.2. The molecule has 19 heteroatoms. The number of hydrogen-bond acceptors (Lipinski definition) is 3. The fourth-order valence-corrected chi connectivity index (χ4v) is 4.07. The topological polar surface area (TPSA) is 60.7 Å². The monoisotopic (exact) mass is 616 g/mol. The van der Waals surface area contributed by atoms with Gasteiger partial charge in [0.25, 0.3) is 0 Å². The highest BCUT2D eigenvalue weighted by Gasteiger charge is 2.48. The molecule has 0 saturated heterocycles. The van der Waals surface area contributed by atoms with E-state index in [2.05, 4.69) is 0 Å². The number of rotatable bonds is 7. The van der Waals surface area contributed by atoms with Crippen molar-refractivity contribution in [3.8, 4) is 0 Å². The van der Waals surface area contributed by atoms with Gasteiger partial charge in [-0.3, -0.25) is 0 Å². The van der Waals surface area contributed by atoms with E-state index in [4.69, 9.17) is 0 Å². The van der Waals surface area contributed by atoms with E-state index >= 15 is 0 Å². The Kier molecular flexibility index (Phi) is 8.67. The number of benzene rings is 3. The lowest BCUT2D eigenvalue weighted by Gasteiger charge is -2.32. The average molecular weight is 616 g/mol. The van der Waals surface area contributed by atoms with Crippen molar-refractivity contribution in [2.45, 2.75) is 24.3 Å². The van der Waals surface area contributed by atoms with Crippen LogP contribution in [0.4, 0.5) is 65.9 Å². The second-order valence-corrected chi connectivity index (χ2v) is 8.29. The third-order valence-corrected chi connectivity index (χ3v) is 6.04. The summed E-state index contributed by atoms with van der Waals surface area (Å²) in [5, 5.41) is 30.1. The van der Waals surface area contributed by atoms with Gasteiger partial charge in [0.1, 0.15) is 5.60 Å². The predicted molar refractivity (Wildman–Crippen MR) is 104 cm³/mol. The van der Waals surface area contributed by atoms with Crippen molar-refractivity contribution in [2.75, 3.05) is 0 Å². The lowest BCUT2D eigenvalue weighted by atomic mass is 9.64. The largest absolute Gasteiger partial charge is 0.459 e. The van der Waals surface area contributed by atoms with Crippen LogP contribution < -0.4 is 0 Å². The van der Waals surface area contributed by atoms with Gasteiger partial charge < -0.3 is 15.2 Å². The van der Waals surface area contributed by atoms with Gasteiger partial charge in [-0.1, -0.05) is 0 Å². The molecular weight excluding hydrogens is 608 g/mol. The Balaban J connectivity index is 2.39. The molecule has 41 heavy (non-hydrogen) atoms. The van der Waals surface area contributed by atoms with Gasteiger partial charge >= 0.3 is 7.12 Å². The molecule has 0 heterocycles. The minimum Gasteiger partial charge on any atom is -0.427 e. The van der Waals surface area contributed by atoms with Crippen molar-refractivity contribution in [3.63, 3.8) is 0 Å². The van der Waals surface area contributed by atoms with Gasteiger partial charge in [0.15, 0.2) is 69.8 Å². The molecule has 0 spiro atoms. The zero-order valence-corrected chi connectivity index (χ0v) is 19.1. The zero-order chi connectivity index (χ0) is 31.5. The van der Waals surface area contributed by atoms with E-state index in [-0.39, 0.29) is 0 Å². The third kappa shape index (κ3) is 4.88. The summed E-state index contributed by atoms with van der Waals surface area (Å²) in [5.41, 5.74) is -12.1. The maximum absolute atomic E-state index is 14.7. The molecule has 0 aliphatic rings. The van der Waals surface area contributed by atoms with Crippen LogP contribution >= 0.6 is 0 Å². The molecule has 3 aromatic carbocycles. The van der Waals surface area contributed by atoms with Crippen molar-refractivity contribution >= 4 is 7.12 Å². The Bertz CT molecular complexity index is 1410. The van der Waals surface area contributed by atoms with E-state index in [0.29, 0.717) is 0 Å². The molecule has 3 N–H and O–H groups in total. The van der Waals surface area contributed by atoms with Gasteiger partial charge in [-0.25, -0.2) is 65.9 Å². The zero-order valence-electron chi connectivity index (χ0n) is 19.1. The number of halogens is 15. The fourth-order valence-electron chi connectivity index (χ4n) is 4.07. The lowest BCUT2D eigenvalue weighted by Crippen LogP contribution is -2.37. The summed E-state index contributed by atoms with van der Waals surface area (Å²) < 4.78 is 211. The fraction of sp³-hybridized carbons (Fsp3) is 0.182. The van der Waals surface area contributed by atoms with Gasteiger partial charge in [-0.05, 0) is 12.8 Å². The maximum atomic E-state index is 14.7. The van der Waals surface area contributed by atoms with Gasteiger partial charge in [0.2, 0.25) is 17.5 Å². The first kappa shape index (κ1) is 32.1. The first-order valence-corrected chi connectivity index (χ1v) is 10.5. The number of aliphatic hydroxyl groups is 1. The van der Waals surface area contributed by atoms with E-state index in [1.165, 1.54) is 0 Å². The predicted octanol–water partition coefficient (Wildman–Crippen LogP) is 5.59. The van der Waals surface area contributed by atoms with Crippen LogP contribution in [0.2, 0.25) is 0 Å². The summed E-state index contributed by atoms with van der Waals surface area (Å²) >= 11 is 0. The molecule has 3 rings (SSSR count).